The van der Waals surface area contributed by atoms with Crippen molar-refractivity contribution >= 4 is 38.9 Å². The van der Waals surface area contributed by atoms with Crippen LogP contribution in [0.4, 0.5) is 17.1 Å². The molecule has 10 rings (SSSR count). The third-order valence-corrected chi connectivity index (χ3v) is 11.6. The largest absolute Gasteiger partial charge is 0.310 e. The van der Waals surface area contributed by atoms with E-state index in [1.165, 1.54) is 77.7 Å². The van der Waals surface area contributed by atoms with Crippen LogP contribution in [-0.4, -0.2) is 4.57 Å². The molecule has 0 amide bonds. The Bertz CT molecular complexity index is 2600. The first kappa shape index (κ1) is 31.1. The van der Waals surface area contributed by atoms with Crippen molar-refractivity contribution in [3.8, 4) is 27.9 Å². The molecule has 0 aliphatic heterocycles. The fourth-order valence-corrected chi connectivity index (χ4v) is 9.13. The molecule has 0 atom stereocenters. The lowest BCUT2D eigenvalue weighted by molar-refractivity contribution is 0.660. The van der Waals surface area contributed by atoms with Crippen molar-refractivity contribution in [1.82, 2.24) is 4.57 Å². The second-order valence-electron chi connectivity index (χ2n) is 15.0. The average molecular weight is 659 g/mol. The van der Waals surface area contributed by atoms with Crippen molar-refractivity contribution in [3.05, 3.63) is 180 Å². The minimum atomic E-state index is -0.0960. The van der Waals surface area contributed by atoms with Crippen molar-refractivity contribution in [2.24, 2.45) is 0 Å². The molecule has 8 aromatic rings. The van der Waals surface area contributed by atoms with Crippen molar-refractivity contribution in [2.45, 2.75) is 46.0 Å². The topological polar surface area (TPSA) is 8.17 Å². The molecule has 0 bridgehead atoms. The van der Waals surface area contributed by atoms with Crippen LogP contribution < -0.4 is 4.90 Å². The molecule has 1 aromatic heterocycles. The monoisotopic (exact) mass is 658 g/mol. The average Bonchev–Trinajstić information content (AvgIpc) is 3.70. The summed E-state index contributed by atoms with van der Waals surface area (Å²) in [5, 5.41) is 2.55. The summed E-state index contributed by atoms with van der Waals surface area (Å²) in [6.45, 7) is 9.46. The third-order valence-electron chi connectivity index (χ3n) is 11.6. The molecule has 0 fully saturated rings. The predicted octanol–water partition coefficient (Wildman–Crippen LogP) is 13.5. The van der Waals surface area contributed by atoms with Crippen molar-refractivity contribution in [2.75, 3.05) is 4.90 Å². The van der Waals surface area contributed by atoms with E-state index in [4.69, 9.17) is 0 Å². The molecular formula is C49H42N2. The SMILES string of the molecule is C.CC1(C)c2ccccc2-c2ccc(N(c3ccc(-n4c5ccccc5c5ccccc54)cc3)c3cccc4c3-c3ccccc3C4(C)C)cc21. The molecule has 51 heavy (non-hydrogen) atoms. The maximum Gasteiger partial charge on any atom is 0.0543 e. The number of aromatic nitrogens is 1. The summed E-state index contributed by atoms with van der Waals surface area (Å²) < 4.78 is 2.40. The van der Waals surface area contributed by atoms with E-state index in [1.54, 1.807) is 0 Å². The van der Waals surface area contributed by atoms with Crippen LogP contribution in [0.2, 0.25) is 0 Å². The molecule has 2 aliphatic carbocycles. The zero-order valence-corrected chi connectivity index (χ0v) is 28.9. The van der Waals surface area contributed by atoms with Gasteiger partial charge in [-0.25, -0.2) is 0 Å². The number of hydrogen-bond acceptors (Lipinski definition) is 1. The number of para-hydroxylation sites is 2. The predicted molar refractivity (Wildman–Crippen MR) is 217 cm³/mol. The van der Waals surface area contributed by atoms with Gasteiger partial charge in [-0.05, 0) is 93.5 Å². The lowest BCUT2D eigenvalue weighted by atomic mass is 9.82. The second kappa shape index (κ2) is 11.1. The Labute approximate surface area is 301 Å². The number of anilines is 3. The first-order valence-electron chi connectivity index (χ1n) is 17.7. The van der Waals surface area contributed by atoms with Gasteiger partial charge in [-0.15, -0.1) is 0 Å². The fourth-order valence-electron chi connectivity index (χ4n) is 9.13. The number of rotatable bonds is 4. The maximum atomic E-state index is 2.49. The van der Waals surface area contributed by atoms with Crippen LogP contribution in [0.15, 0.2) is 158 Å². The summed E-state index contributed by atoms with van der Waals surface area (Å²) in [5.74, 6) is 0. The molecule has 1 heterocycles. The molecule has 2 aliphatic rings. The first-order chi connectivity index (χ1) is 24.3. The van der Waals surface area contributed by atoms with Gasteiger partial charge >= 0.3 is 0 Å². The summed E-state index contributed by atoms with van der Waals surface area (Å²) in [6.07, 6.45) is 0. The molecule has 7 aromatic carbocycles. The van der Waals surface area contributed by atoms with Gasteiger partial charge in [0, 0.05) is 44.2 Å². The second-order valence-corrected chi connectivity index (χ2v) is 15.0. The van der Waals surface area contributed by atoms with E-state index in [0.717, 1.165) is 11.4 Å². The smallest absolute Gasteiger partial charge is 0.0543 e. The summed E-state index contributed by atoms with van der Waals surface area (Å²) in [6, 6.07) is 58.5. The Balaban J connectivity index is 0.00000348. The third kappa shape index (κ3) is 4.29. The molecule has 0 N–H and O–H groups in total. The minimum Gasteiger partial charge on any atom is -0.310 e. The van der Waals surface area contributed by atoms with Gasteiger partial charge in [0.15, 0.2) is 0 Å². The zero-order chi connectivity index (χ0) is 33.8. The van der Waals surface area contributed by atoms with E-state index in [-0.39, 0.29) is 18.3 Å². The summed E-state index contributed by atoms with van der Waals surface area (Å²) >= 11 is 0. The van der Waals surface area contributed by atoms with Gasteiger partial charge in [0.25, 0.3) is 0 Å². The van der Waals surface area contributed by atoms with Gasteiger partial charge in [-0.1, -0.05) is 138 Å². The zero-order valence-electron chi connectivity index (χ0n) is 28.9. The van der Waals surface area contributed by atoms with E-state index in [1.807, 2.05) is 0 Å². The van der Waals surface area contributed by atoms with Crippen molar-refractivity contribution in [1.29, 1.82) is 0 Å². The number of nitrogens with zero attached hydrogens (tertiary/aromatic N) is 2. The quantitative estimate of drug-likeness (QED) is 0.183. The van der Waals surface area contributed by atoms with Gasteiger partial charge in [-0.3, -0.25) is 0 Å². The lowest BCUT2D eigenvalue weighted by Gasteiger charge is -2.30. The van der Waals surface area contributed by atoms with Crippen LogP contribution in [0.1, 0.15) is 57.4 Å². The number of benzene rings is 7. The van der Waals surface area contributed by atoms with Gasteiger partial charge in [0.2, 0.25) is 0 Å². The van der Waals surface area contributed by atoms with Gasteiger partial charge in [0.1, 0.15) is 0 Å². The van der Waals surface area contributed by atoms with Crippen LogP contribution in [0.3, 0.4) is 0 Å². The van der Waals surface area contributed by atoms with E-state index in [2.05, 4.69) is 195 Å². The summed E-state index contributed by atoms with van der Waals surface area (Å²) in [7, 11) is 0. The minimum absolute atomic E-state index is 0. The highest BCUT2D eigenvalue weighted by Gasteiger charge is 2.39. The normalized spacial score (nSPS) is 14.4. The van der Waals surface area contributed by atoms with Crippen LogP contribution in [0.5, 0.6) is 0 Å². The molecule has 0 saturated heterocycles. The Morgan fingerprint density at radius 1 is 0.431 bits per heavy atom. The Hall–Kier alpha value is -5.86. The van der Waals surface area contributed by atoms with E-state index in [0.29, 0.717) is 0 Å². The number of fused-ring (bicyclic) bond motifs is 9. The highest BCUT2D eigenvalue weighted by Crippen LogP contribution is 2.55. The number of hydrogen-bond donors (Lipinski definition) is 0. The van der Waals surface area contributed by atoms with Crippen molar-refractivity contribution in [3.63, 3.8) is 0 Å². The van der Waals surface area contributed by atoms with E-state index >= 15 is 0 Å². The van der Waals surface area contributed by atoms with E-state index in [9.17, 15) is 0 Å². The van der Waals surface area contributed by atoms with Gasteiger partial charge < -0.3 is 9.47 Å². The Morgan fingerprint density at radius 2 is 0.941 bits per heavy atom. The molecule has 2 nitrogen and oxygen atoms in total. The van der Waals surface area contributed by atoms with Gasteiger partial charge in [-0.2, -0.15) is 0 Å². The van der Waals surface area contributed by atoms with Crippen LogP contribution in [0.25, 0.3) is 49.7 Å². The fraction of sp³-hybridized carbons (Fsp3) is 0.143. The van der Waals surface area contributed by atoms with Crippen LogP contribution >= 0.6 is 0 Å². The molecule has 0 spiro atoms. The molecule has 2 heteroatoms. The Morgan fingerprint density at radius 3 is 1.63 bits per heavy atom. The highest BCUT2D eigenvalue weighted by molar-refractivity contribution is 6.09. The Kier molecular flexibility index (Phi) is 6.76. The van der Waals surface area contributed by atoms with Gasteiger partial charge in [0.05, 0.1) is 16.7 Å². The maximum absolute atomic E-state index is 2.49. The lowest BCUT2D eigenvalue weighted by Crippen LogP contribution is -2.17. The summed E-state index contributed by atoms with van der Waals surface area (Å²) in [4.78, 5) is 2.49. The molecule has 248 valence electrons. The molecule has 0 radical (unpaired) electrons. The van der Waals surface area contributed by atoms with Crippen molar-refractivity contribution < 1.29 is 0 Å². The van der Waals surface area contributed by atoms with E-state index < -0.39 is 0 Å². The first-order valence-corrected chi connectivity index (χ1v) is 17.7. The molecular weight excluding hydrogens is 617 g/mol. The highest BCUT2D eigenvalue weighted by atomic mass is 15.1. The summed E-state index contributed by atoms with van der Waals surface area (Å²) in [5.41, 5.74) is 17.8. The molecule has 0 saturated carbocycles. The van der Waals surface area contributed by atoms with Crippen LogP contribution in [0, 0.1) is 0 Å². The standard InChI is InChI=1S/C48H38N2.CH4/c1-47(2)40-19-10-6-17-38(40)46-41(47)20-13-23-45(46)49(33-28-29-35-34-14-5-9-18-39(34)48(3,4)42(35)30-33)31-24-26-32(27-25-31)50-43-21-11-7-15-36(43)37-16-8-12-22-44(37)50;/h5-30H,1-4H3;1H4. The molecule has 0 unspecified atom stereocenters. The van der Waals surface area contributed by atoms with Crippen LogP contribution in [-0.2, 0) is 10.8 Å².